The molecule has 0 radical (unpaired) electrons. The second-order valence-electron chi connectivity index (χ2n) is 11.8. The van der Waals surface area contributed by atoms with Gasteiger partial charge in [-0.25, -0.2) is 0 Å². The van der Waals surface area contributed by atoms with E-state index in [9.17, 15) is 5.11 Å². The zero-order valence-electron chi connectivity index (χ0n) is 25.8. The second-order valence-corrected chi connectivity index (χ2v) is 11.8. The Morgan fingerprint density at radius 3 is 0.979 bits per heavy atom. The molecule has 1 nitrogen and oxygen atoms in total. The molecule has 0 fully saturated rings. The number of benzene rings is 8. The van der Waals surface area contributed by atoms with Crippen molar-refractivity contribution >= 4 is 10.8 Å². The van der Waals surface area contributed by atoms with E-state index in [1.165, 1.54) is 0 Å². The molecule has 0 atom stereocenters. The van der Waals surface area contributed by atoms with E-state index in [-0.39, 0.29) is 5.75 Å². The van der Waals surface area contributed by atoms with Gasteiger partial charge in [0.05, 0.1) is 0 Å². The molecule has 47 heavy (non-hydrogen) atoms. The summed E-state index contributed by atoms with van der Waals surface area (Å²) in [7, 11) is 0. The van der Waals surface area contributed by atoms with Gasteiger partial charge in [-0.05, 0) is 61.7 Å². The number of fused-ring (bicyclic) bond motifs is 1. The van der Waals surface area contributed by atoms with E-state index >= 15 is 0 Å². The van der Waals surface area contributed by atoms with Gasteiger partial charge >= 0.3 is 0 Å². The molecule has 8 aromatic carbocycles. The number of aromatic hydroxyl groups is 1. The fourth-order valence-electron chi connectivity index (χ4n) is 6.95. The van der Waals surface area contributed by atoms with E-state index < -0.39 is 0 Å². The molecule has 0 aliphatic carbocycles. The van der Waals surface area contributed by atoms with Crippen molar-refractivity contribution < 1.29 is 5.11 Å². The van der Waals surface area contributed by atoms with Gasteiger partial charge in [-0.15, -0.1) is 0 Å². The lowest BCUT2D eigenvalue weighted by Gasteiger charge is -2.26. The summed E-state index contributed by atoms with van der Waals surface area (Å²) in [5.74, 6) is 0.277. The van der Waals surface area contributed by atoms with E-state index in [4.69, 9.17) is 0 Å². The predicted molar refractivity (Wildman–Crippen MR) is 198 cm³/mol. The van der Waals surface area contributed by atoms with Crippen molar-refractivity contribution in [2.75, 3.05) is 0 Å². The fraction of sp³-hybridized carbons (Fsp3) is 0. The summed E-state index contributed by atoms with van der Waals surface area (Å²) >= 11 is 0. The first-order valence-corrected chi connectivity index (χ1v) is 16.0. The molecule has 0 spiro atoms. The van der Waals surface area contributed by atoms with Gasteiger partial charge in [-0.2, -0.15) is 0 Å². The van der Waals surface area contributed by atoms with Crippen LogP contribution >= 0.6 is 0 Å². The molecule has 0 heterocycles. The van der Waals surface area contributed by atoms with Crippen molar-refractivity contribution in [3.63, 3.8) is 0 Å². The minimum absolute atomic E-state index is 0.277. The molecule has 222 valence electrons. The summed E-state index contributed by atoms with van der Waals surface area (Å²) < 4.78 is 0. The van der Waals surface area contributed by atoms with E-state index in [1.807, 2.05) is 24.3 Å². The van der Waals surface area contributed by atoms with Crippen molar-refractivity contribution in [1.29, 1.82) is 0 Å². The maximum atomic E-state index is 12.7. The molecule has 8 rings (SSSR count). The molecule has 0 saturated carbocycles. The van der Waals surface area contributed by atoms with Crippen molar-refractivity contribution in [1.82, 2.24) is 0 Å². The van der Waals surface area contributed by atoms with Crippen LogP contribution in [-0.4, -0.2) is 5.11 Å². The van der Waals surface area contributed by atoms with Gasteiger partial charge in [-0.1, -0.05) is 182 Å². The van der Waals surface area contributed by atoms with Crippen LogP contribution < -0.4 is 0 Å². The number of hydrogen-bond donors (Lipinski definition) is 1. The van der Waals surface area contributed by atoms with E-state index in [0.717, 1.165) is 77.5 Å². The molecular formula is C46H32O. The lowest BCUT2D eigenvalue weighted by atomic mass is 9.77. The molecule has 0 aliphatic heterocycles. The summed E-state index contributed by atoms with van der Waals surface area (Å²) in [6, 6.07) is 65.5. The smallest absolute Gasteiger partial charge is 0.131 e. The third kappa shape index (κ3) is 5.09. The first kappa shape index (κ1) is 28.3. The van der Waals surface area contributed by atoms with Crippen LogP contribution in [0.25, 0.3) is 77.5 Å². The van der Waals surface area contributed by atoms with Gasteiger partial charge in [0.1, 0.15) is 5.75 Å². The Balaban J connectivity index is 1.70. The summed E-state index contributed by atoms with van der Waals surface area (Å²) in [4.78, 5) is 0. The average Bonchev–Trinajstić information content (AvgIpc) is 3.16. The van der Waals surface area contributed by atoms with Crippen LogP contribution in [-0.2, 0) is 0 Å². The summed E-state index contributed by atoms with van der Waals surface area (Å²) in [6.45, 7) is 0. The number of hydrogen-bond acceptors (Lipinski definition) is 1. The monoisotopic (exact) mass is 600 g/mol. The highest BCUT2D eigenvalue weighted by Gasteiger charge is 2.28. The lowest BCUT2D eigenvalue weighted by molar-refractivity contribution is 0.484. The molecule has 0 aromatic heterocycles. The average molecular weight is 601 g/mol. The Bertz CT molecular complexity index is 2250. The second kappa shape index (κ2) is 12.3. The summed E-state index contributed by atoms with van der Waals surface area (Å²) in [6.07, 6.45) is 0. The van der Waals surface area contributed by atoms with E-state index in [1.54, 1.807) is 0 Å². The summed E-state index contributed by atoms with van der Waals surface area (Å²) in [5, 5.41) is 14.6. The lowest BCUT2D eigenvalue weighted by Crippen LogP contribution is -1.99. The third-order valence-corrected chi connectivity index (χ3v) is 8.97. The summed E-state index contributed by atoms with van der Waals surface area (Å²) in [5.41, 5.74) is 12.7. The molecule has 0 unspecified atom stereocenters. The highest BCUT2D eigenvalue weighted by molar-refractivity contribution is 6.22. The zero-order valence-corrected chi connectivity index (χ0v) is 25.8. The number of phenols is 1. The molecule has 8 aromatic rings. The highest BCUT2D eigenvalue weighted by atomic mass is 16.3. The zero-order chi connectivity index (χ0) is 31.6. The first-order chi connectivity index (χ1) is 23.3. The topological polar surface area (TPSA) is 20.2 Å². The minimum atomic E-state index is 0.277. The van der Waals surface area contributed by atoms with Crippen LogP contribution in [0, 0.1) is 0 Å². The molecule has 1 N–H and O–H groups in total. The van der Waals surface area contributed by atoms with Gasteiger partial charge in [0.15, 0.2) is 0 Å². The predicted octanol–water partition coefficient (Wildman–Crippen LogP) is 12.5. The first-order valence-electron chi connectivity index (χ1n) is 16.0. The van der Waals surface area contributed by atoms with Crippen LogP contribution in [0.15, 0.2) is 188 Å². The van der Waals surface area contributed by atoms with Crippen molar-refractivity contribution in [3.8, 4) is 72.5 Å². The normalized spacial score (nSPS) is 11.1. The Labute approximate surface area is 275 Å². The van der Waals surface area contributed by atoms with Crippen molar-refractivity contribution in [3.05, 3.63) is 188 Å². The van der Waals surface area contributed by atoms with Crippen molar-refractivity contribution in [2.45, 2.75) is 0 Å². The maximum Gasteiger partial charge on any atom is 0.131 e. The van der Waals surface area contributed by atoms with Crippen molar-refractivity contribution in [2.24, 2.45) is 0 Å². The number of phenolic OH excluding ortho intramolecular Hbond substituents is 1. The minimum Gasteiger partial charge on any atom is -0.507 e. The van der Waals surface area contributed by atoms with Crippen LogP contribution in [0.5, 0.6) is 5.75 Å². The van der Waals surface area contributed by atoms with E-state index in [2.05, 4.69) is 164 Å². The SMILES string of the molecule is Oc1c(-c2ccccc2)c(-c2ccccc2)c(-c2ccccc2)c2c(-c3ccccc3)c(-c3ccccc3)c(-c3ccccc3)cc12. The molecule has 1 heteroatoms. The van der Waals surface area contributed by atoms with E-state index in [0.29, 0.717) is 0 Å². The largest absolute Gasteiger partial charge is 0.507 e. The van der Waals surface area contributed by atoms with Crippen LogP contribution in [0.4, 0.5) is 0 Å². The molecule has 0 saturated heterocycles. The molecule has 0 amide bonds. The Hall–Kier alpha value is -6.18. The Morgan fingerprint density at radius 2 is 0.574 bits per heavy atom. The van der Waals surface area contributed by atoms with Crippen LogP contribution in [0.2, 0.25) is 0 Å². The molecular weight excluding hydrogens is 569 g/mol. The van der Waals surface area contributed by atoms with Gasteiger partial charge in [0.25, 0.3) is 0 Å². The quantitative estimate of drug-likeness (QED) is 0.201. The fourth-order valence-corrected chi connectivity index (χ4v) is 6.95. The molecule has 0 bridgehead atoms. The Morgan fingerprint density at radius 1 is 0.277 bits per heavy atom. The van der Waals surface area contributed by atoms with Gasteiger partial charge in [-0.3, -0.25) is 0 Å². The van der Waals surface area contributed by atoms with Gasteiger partial charge in [0, 0.05) is 21.9 Å². The van der Waals surface area contributed by atoms with Crippen LogP contribution in [0.1, 0.15) is 0 Å². The number of rotatable bonds is 6. The molecule has 0 aliphatic rings. The van der Waals surface area contributed by atoms with Crippen LogP contribution in [0.3, 0.4) is 0 Å². The highest BCUT2D eigenvalue weighted by Crippen LogP contribution is 2.56. The van der Waals surface area contributed by atoms with Gasteiger partial charge in [0.2, 0.25) is 0 Å². The third-order valence-electron chi connectivity index (χ3n) is 8.97. The van der Waals surface area contributed by atoms with Gasteiger partial charge < -0.3 is 5.11 Å². The Kier molecular flexibility index (Phi) is 7.41. The standard InChI is InChI=1S/C46H32O/c47-46-39-31-38(32-19-7-1-8-20-32)40(33-21-9-2-10-22-33)41(34-23-11-3-12-24-34)45(39)43(36-27-15-5-16-28-36)42(35-25-13-4-14-26-35)44(46)37-29-17-6-18-30-37/h1-31,47H. The maximum absolute atomic E-state index is 12.7.